The molecule has 0 aliphatic heterocycles. The van der Waals surface area contributed by atoms with E-state index >= 15 is 0 Å². The molecular formula is C10H16N2O3S. The van der Waals surface area contributed by atoms with Gasteiger partial charge in [0.15, 0.2) is 10.8 Å². The van der Waals surface area contributed by atoms with E-state index in [2.05, 4.69) is 4.98 Å². The minimum atomic E-state index is -0.979. The monoisotopic (exact) mass is 244 g/mol. The second-order valence-electron chi connectivity index (χ2n) is 3.62. The number of anilines is 1. The third-order valence-electron chi connectivity index (χ3n) is 2.36. The lowest BCUT2D eigenvalue weighted by Crippen LogP contribution is -2.32. The Hall–Kier alpha value is -1.14. The van der Waals surface area contributed by atoms with Crippen LogP contribution in [0.2, 0.25) is 0 Å². The number of carboxylic acids is 1. The highest BCUT2D eigenvalue weighted by molar-refractivity contribution is 7.15. The molecule has 1 atom stereocenters. The van der Waals surface area contributed by atoms with Gasteiger partial charge in [-0.05, 0) is 13.8 Å². The van der Waals surface area contributed by atoms with E-state index in [4.69, 9.17) is 9.84 Å². The molecule has 0 saturated heterocycles. The van der Waals surface area contributed by atoms with Crippen LogP contribution in [-0.4, -0.2) is 42.9 Å². The SMILES string of the molecule is COCC(C)N(C)c1nc(C(=O)O)c(C)s1. The quantitative estimate of drug-likeness (QED) is 0.852. The average molecular weight is 244 g/mol. The van der Waals surface area contributed by atoms with Crippen LogP contribution in [0.4, 0.5) is 5.13 Å². The van der Waals surface area contributed by atoms with E-state index in [1.54, 1.807) is 14.0 Å². The maximum Gasteiger partial charge on any atom is 0.355 e. The standard InChI is InChI=1S/C10H16N2O3S/c1-6(5-15-4)12(3)10-11-8(9(13)14)7(2)16-10/h6H,5H2,1-4H3,(H,13,14). The third kappa shape index (κ3) is 2.70. The molecule has 1 unspecified atom stereocenters. The zero-order valence-corrected chi connectivity index (χ0v) is 10.7. The largest absolute Gasteiger partial charge is 0.476 e. The molecular weight excluding hydrogens is 228 g/mol. The van der Waals surface area contributed by atoms with Crippen LogP contribution < -0.4 is 4.90 Å². The fraction of sp³-hybridized carbons (Fsp3) is 0.600. The molecule has 1 heterocycles. The van der Waals surface area contributed by atoms with Gasteiger partial charge in [0.1, 0.15) is 0 Å². The maximum atomic E-state index is 10.9. The van der Waals surface area contributed by atoms with E-state index in [1.807, 2.05) is 18.9 Å². The summed E-state index contributed by atoms with van der Waals surface area (Å²) in [5.41, 5.74) is 0.136. The molecule has 1 aromatic rings. The molecule has 0 radical (unpaired) electrons. The van der Waals surface area contributed by atoms with E-state index in [0.717, 1.165) is 4.88 Å². The van der Waals surface area contributed by atoms with Gasteiger partial charge in [-0.1, -0.05) is 0 Å². The molecule has 0 saturated carbocycles. The Kier molecular flexibility index (Phi) is 4.26. The summed E-state index contributed by atoms with van der Waals surface area (Å²) >= 11 is 1.38. The molecule has 0 aliphatic rings. The van der Waals surface area contributed by atoms with Crippen LogP contribution in [0.25, 0.3) is 0 Å². The van der Waals surface area contributed by atoms with Gasteiger partial charge in [0, 0.05) is 19.0 Å². The molecule has 90 valence electrons. The topological polar surface area (TPSA) is 62.7 Å². The summed E-state index contributed by atoms with van der Waals surface area (Å²) in [6, 6.07) is 0.164. The van der Waals surface area contributed by atoms with Crippen molar-refractivity contribution in [3.05, 3.63) is 10.6 Å². The number of rotatable bonds is 5. The van der Waals surface area contributed by atoms with E-state index in [9.17, 15) is 4.79 Å². The molecule has 0 fully saturated rings. The Morgan fingerprint density at radius 3 is 2.75 bits per heavy atom. The molecule has 0 bridgehead atoms. The number of methoxy groups -OCH3 is 1. The number of aryl methyl sites for hydroxylation is 1. The van der Waals surface area contributed by atoms with Gasteiger partial charge in [-0.15, -0.1) is 11.3 Å². The zero-order chi connectivity index (χ0) is 12.3. The first-order valence-corrected chi connectivity index (χ1v) is 5.71. The summed E-state index contributed by atoms with van der Waals surface area (Å²) < 4.78 is 5.05. The van der Waals surface area contributed by atoms with Crippen LogP contribution in [0.3, 0.4) is 0 Å². The van der Waals surface area contributed by atoms with Crippen molar-refractivity contribution in [1.82, 2.24) is 4.98 Å². The van der Waals surface area contributed by atoms with Crippen LogP contribution >= 0.6 is 11.3 Å². The number of hydrogen-bond donors (Lipinski definition) is 1. The van der Waals surface area contributed by atoms with Crippen molar-refractivity contribution < 1.29 is 14.6 Å². The number of aromatic nitrogens is 1. The fourth-order valence-electron chi connectivity index (χ4n) is 1.27. The van der Waals surface area contributed by atoms with Crippen LogP contribution in [0.1, 0.15) is 22.3 Å². The van der Waals surface area contributed by atoms with Gasteiger partial charge in [-0.25, -0.2) is 9.78 Å². The molecule has 0 aromatic carbocycles. The Bertz CT molecular complexity index is 378. The number of carbonyl (C=O) groups is 1. The van der Waals surface area contributed by atoms with Crippen LogP contribution in [-0.2, 0) is 4.74 Å². The van der Waals surface area contributed by atoms with Gasteiger partial charge in [-0.2, -0.15) is 0 Å². The first-order valence-electron chi connectivity index (χ1n) is 4.89. The van der Waals surface area contributed by atoms with E-state index in [-0.39, 0.29) is 11.7 Å². The summed E-state index contributed by atoms with van der Waals surface area (Å²) in [6.07, 6.45) is 0. The van der Waals surface area contributed by atoms with Gasteiger partial charge in [0.25, 0.3) is 0 Å². The predicted octanol–water partition coefficient (Wildman–Crippen LogP) is 1.62. The Morgan fingerprint density at radius 1 is 1.69 bits per heavy atom. The first-order chi connectivity index (χ1) is 7.47. The molecule has 0 amide bonds. The van der Waals surface area contributed by atoms with Crippen LogP contribution in [0, 0.1) is 6.92 Å². The number of hydrogen-bond acceptors (Lipinski definition) is 5. The predicted molar refractivity (Wildman–Crippen MR) is 63.6 cm³/mol. The first kappa shape index (κ1) is 12.9. The Morgan fingerprint density at radius 2 is 2.31 bits per heavy atom. The summed E-state index contributed by atoms with van der Waals surface area (Å²) in [4.78, 5) is 17.6. The molecule has 16 heavy (non-hydrogen) atoms. The molecule has 0 spiro atoms. The lowest BCUT2D eigenvalue weighted by atomic mass is 10.3. The Labute approximate surface area is 98.7 Å². The number of ether oxygens (including phenoxy) is 1. The highest BCUT2D eigenvalue weighted by atomic mass is 32.1. The highest BCUT2D eigenvalue weighted by Crippen LogP contribution is 2.26. The van der Waals surface area contributed by atoms with Gasteiger partial charge in [0.05, 0.1) is 12.6 Å². The number of nitrogens with zero attached hydrogens (tertiary/aromatic N) is 2. The third-order valence-corrected chi connectivity index (χ3v) is 3.42. The average Bonchev–Trinajstić information content (AvgIpc) is 2.59. The molecule has 5 nitrogen and oxygen atoms in total. The summed E-state index contributed by atoms with van der Waals surface area (Å²) in [6.45, 7) is 4.34. The molecule has 0 aliphatic carbocycles. The van der Waals surface area contributed by atoms with Crippen LogP contribution in [0.5, 0.6) is 0 Å². The number of carboxylic acid groups (broad SMARTS) is 1. The maximum absolute atomic E-state index is 10.9. The normalized spacial score (nSPS) is 12.5. The van der Waals surface area contributed by atoms with E-state index < -0.39 is 5.97 Å². The van der Waals surface area contributed by atoms with Gasteiger partial charge < -0.3 is 14.7 Å². The molecule has 1 rings (SSSR count). The van der Waals surface area contributed by atoms with Crippen molar-refractivity contribution in [2.75, 3.05) is 25.7 Å². The fourth-order valence-corrected chi connectivity index (χ4v) is 2.24. The van der Waals surface area contributed by atoms with Gasteiger partial charge in [0.2, 0.25) is 0 Å². The van der Waals surface area contributed by atoms with Gasteiger partial charge in [-0.3, -0.25) is 0 Å². The van der Waals surface area contributed by atoms with Gasteiger partial charge >= 0.3 is 5.97 Å². The minimum absolute atomic E-state index is 0.136. The number of aromatic carboxylic acids is 1. The smallest absolute Gasteiger partial charge is 0.355 e. The van der Waals surface area contributed by atoms with Crippen LogP contribution in [0.15, 0.2) is 0 Å². The van der Waals surface area contributed by atoms with E-state index in [0.29, 0.717) is 11.7 Å². The van der Waals surface area contributed by atoms with Crippen molar-refractivity contribution in [3.8, 4) is 0 Å². The van der Waals surface area contributed by atoms with Crippen molar-refractivity contribution >= 4 is 22.4 Å². The molecule has 1 aromatic heterocycles. The lowest BCUT2D eigenvalue weighted by molar-refractivity contribution is 0.0690. The second-order valence-corrected chi connectivity index (χ2v) is 4.80. The summed E-state index contributed by atoms with van der Waals surface area (Å²) in [7, 11) is 3.52. The zero-order valence-electron chi connectivity index (χ0n) is 9.85. The van der Waals surface area contributed by atoms with Crippen molar-refractivity contribution in [2.24, 2.45) is 0 Å². The second kappa shape index (κ2) is 5.27. The van der Waals surface area contributed by atoms with Crippen molar-refractivity contribution in [3.63, 3.8) is 0 Å². The summed E-state index contributed by atoms with van der Waals surface area (Å²) in [5.74, 6) is -0.979. The highest BCUT2D eigenvalue weighted by Gasteiger charge is 2.18. The summed E-state index contributed by atoms with van der Waals surface area (Å²) in [5, 5.41) is 9.61. The minimum Gasteiger partial charge on any atom is -0.476 e. The van der Waals surface area contributed by atoms with E-state index in [1.165, 1.54) is 11.3 Å². The van der Waals surface area contributed by atoms with Crippen molar-refractivity contribution in [1.29, 1.82) is 0 Å². The number of thiazole rings is 1. The Balaban J connectivity index is 2.88. The van der Waals surface area contributed by atoms with Crippen molar-refractivity contribution in [2.45, 2.75) is 19.9 Å². The molecule has 1 N–H and O–H groups in total. The molecule has 6 heteroatoms. The number of likely N-dealkylation sites (N-methyl/N-ethyl adjacent to an activating group) is 1. The lowest BCUT2D eigenvalue weighted by Gasteiger charge is -2.23.